The molecule has 15 nitrogen and oxygen atoms in total. The summed E-state index contributed by atoms with van der Waals surface area (Å²) in [5.41, 5.74) is 0. The van der Waals surface area contributed by atoms with Gasteiger partial charge in [-0.25, -0.2) is 4.79 Å². The molecule has 0 spiro atoms. The van der Waals surface area contributed by atoms with E-state index in [4.69, 9.17) is 33.5 Å². The molecule has 2 amide bonds. The highest BCUT2D eigenvalue weighted by atomic mass is 16.7. The Bertz CT molecular complexity index is 1170. The van der Waals surface area contributed by atoms with Crippen LogP contribution in [0.5, 0.6) is 0 Å². The third-order valence-electron chi connectivity index (χ3n) is 14.1. The number of aliphatic hydroxyl groups is 4. The van der Waals surface area contributed by atoms with Crippen LogP contribution in [-0.4, -0.2) is 149 Å². The van der Waals surface area contributed by atoms with Crippen molar-refractivity contribution in [2.24, 2.45) is 0 Å². The summed E-state index contributed by atoms with van der Waals surface area (Å²) in [5, 5.41) is 43.7. The van der Waals surface area contributed by atoms with Crippen LogP contribution in [0.25, 0.3) is 0 Å². The van der Waals surface area contributed by atoms with Crippen molar-refractivity contribution >= 4 is 12.0 Å². The van der Waals surface area contributed by atoms with Gasteiger partial charge in [0, 0.05) is 32.7 Å². The van der Waals surface area contributed by atoms with E-state index in [1.54, 1.807) is 0 Å². The first-order valence-corrected chi connectivity index (χ1v) is 31.1. The lowest BCUT2D eigenvalue weighted by molar-refractivity contribution is -0.302. The van der Waals surface area contributed by atoms with Gasteiger partial charge in [-0.15, -0.1) is 0 Å². The average molecular weight is 1080 g/mol. The Kier molecular flexibility index (Phi) is 57.2. The summed E-state index contributed by atoms with van der Waals surface area (Å²) in [6.07, 6.45) is 42.5. The van der Waals surface area contributed by atoms with Gasteiger partial charge < -0.3 is 64.2 Å². The van der Waals surface area contributed by atoms with Gasteiger partial charge in [0.2, 0.25) is 5.91 Å². The molecule has 1 aliphatic rings. The second-order valence-electron chi connectivity index (χ2n) is 21.0. The maximum absolute atomic E-state index is 11.7. The molecule has 448 valence electrons. The monoisotopic (exact) mass is 1080 g/mol. The molecule has 1 aliphatic heterocycles. The summed E-state index contributed by atoms with van der Waals surface area (Å²) in [6.45, 7) is 11.1. The number of hydrogen-bond donors (Lipinski definition) is 6. The van der Waals surface area contributed by atoms with Crippen molar-refractivity contribution in [3.63, 3.8) is 0 Å². The highest BCUT2D eigenvalue weighted by molar-refractivity contribution is 5.75. The van der Waals surface area contributed by atoms with E-state index in [1.165, 1.54) is 213 Å². The lowest BCUT2D eigenvalue weighted by Crippen LogP contribution is -2.59. The first-order chi connectivity index (χ1) is 36.7. The van der Waals surface area contributed by atoms with E-state index in [9.17, 15) is 24.9 Å². The summed E-state index contributed by atoms with van der Waals surface area (Å²) in [7, 11) is 1.31. The van der Waals surface area contributed by atoms with Crippen LogP contribution < -0.4 is 10.6 Å². The minimum atomic E-state index is -1.48. The Morgan fingerprint density at radius 3 is 1.37 bits per heavy atom. The van der Waals surface area contributed by atoms with Gasteiger partial charge in [-0.2, -0.15) is 0 Å². The highest BCUT2D eigenvalue weighted by Crippen LogP contribution is 2.22. The van der Waals surface area contributed by atoms with Crippen molar-refractivity contribution in [1.29, 1.82) is 0 Å². The molecule has 6 N–H and O–H groups in total. The molecule has 1 heterocycles. The Labute approximate surface area is 459 Å². The zero-order valence-electron chi connectivity index (χ0n) is 48.9. The third-order valence-corrected chi connectivity index (χ3v) is 14.1. The van der Waals surface area contributed by atoms with Crippen molar-refractivity contribution in [2.45, 2.75) is 295 Å². The van der Waals surface area contributed by atoms with E-state index < -0.39 is 43.4 Å². The molecule has 1 fully saturated rings. The molecule has 0 radical (unpaired) electrons. The summed E-state index contributed by atoms with van der Waals surface area (Å²) in [4.78, 5) is 22.6. The standard InChI is InChI=1S/C40H82O2.C20H38N2O11/c1-4-7-9-11-13-15-17-19-21-23-25-27-29-31-33-35-37-41-39-40(6-3)42-38-36-34-32-30-28-26-24-22-20-18-16-14-12-10-8-5-2;1-29-20(28)22-6-4-2-3-5-15(24)21-7-8-30-9-10-31-11-12-32-19-18(27)17(26)16(25)14(13-23)33-19/h40H,4-39H2,1-3H3;14,16-19,23,25-27H,2-13H2,1H3,(H,21,24)(H,22,28)/t40-;14?,16-,17+,18?,19+/m11/s1. The number of amides is 2. The molecule has 75 heavy (non-hydrogen) atoms. The van der Waals surface area contributed by atoms with Crippen LogP contribution in [0, 0.1) is 0 Å². The number of hydrogen-bond acceptors (Lipinski definition) is 13. The first kappa shape index (κ1) is 73.3. The summed E-state index contributed by atoms with van der Waals surface area (Å²) < 4.78 is 37.7. The molecule has 0 aromatic rings. The quantitative estimate of drug-likeness (QED) is 0.0314. The van der Waals surface area contributed by atoms with Crippen LogP contribution in [0.2, 0.25) is 0 Å². The topological polar surface area (TPSA) is 204 Å². The predicted octanol–water partition coefficient (Wildman–Crippen LogP) is 12.2. The molecule has 6 atom stereocenters. The summed E-state index contributed by atoms with van der Waals surface area (Å²) in [6, 6.07) is 0. The normalized spacial score (nSPS) is 17.9. The van der Waals surface area contributed by atoms with Crippen molar-refractivity contribution in [2.75, 3.05) is 79.7 Å². The van der Waals surface area contributed by atoms with Crippen LogP contribution in [0.15, 0.2) is 0 Å². The lowest BCUT2D eigenvalue weighted by Gasteiger charge is -2.39. The molecule has 15 heteroatoms. The Hall–Kier alpha value is -1.66. The van der Waals surface area contributed by atoms with Gasteiger partial charge in [-0.3, -0.25) is 4.79 Å². The fourth-order valence-electron chi connectivity index (χ4n) is 9.10. The smallest absolute Gasteiger partial charge is 0.406 e. The lowest BCUT2D eigenvalue weighted by atomic mass is 9.99. The van der Waals surface area contributed by atoms with E-state index in [0.717, 1.165) is 45.5 Å². The molecule has 1 saturated heterocycles. The number of rotatable bonds is 55. The fourth-order valence-corrected chi connectivity index (χ4v) is 9.10. The number of aliphatic hydroxyl groups excluding tert-OH is 4. The number of carbonyl (C=O) groups is 2. The van der Waals surface area contributed by atoms with Gasteiger partial charge in [0.15, 0.2) is 6.29 Å². The number of methoxy groups -OCH3 is 1. The van der Waals surface area contributed by atoms with Crippen molar-refractivity contribution in [3.05, 3.63) is 0 Å². The van der Waals surface area contributed by atoms with Gasteiger partial charge in [0.25, 0.3) is 0 Å². The first-order valence-electron chi connectivity index (χ1n) is 31.1. The van der Waals surface area contributed by atoms with Crippen LogP contribution in [0.4, 0.5) is 4.79 Å². The van der Waals surface area contributed by atoms with Crippen LogP contribution in [0.1, 0.15) is 258 Å². The second kappa shape index (κ2) is 58.5. The summed E-state index contributed by atoms with van der Waals surface area (Å²) >= 11 is 0. The number of carbonyl (C=O) groups excluding carboxylic acids is 2. The number of unbranched alkanes of at least 4 members (excludes halogenated alkanes) is 32. The maximum atomic E-state index is 11.7. The van der Waals surface area contributed by atoms with Gasteiger partial charge in [-0.1, -0.05) is 220 Å². The zero-order chi connectivity index (χ0) is 54.9. The Morgan fingerprint density at radius 1 is 0.467 bits per heavy atom. The van der Waals surface area contributed by atoms with Crippen LogP contribution >= 0.6 is 0 Å². The number of alkyl carbamates (subject to hydrolysis) is 1. The van der Waals surface area contributed by atoms with E-state index >= 15 is 0 Å². The molecule has 1 rings (SSSR count). The van der Waals surface area contributed by atoms with Gasteiger partial charge in [0.1, 0.15) is 24.4 Å². The predicted molar refractivity (Wildman–Crippen MR) is 303 cm³/mol. The van der Waals surface area contributed by atoms with Crippen LogP contribution in [0.3, 0.4) is 0 Å². The Balaban J connectivity index is 0.00000150. The van der Waals surface area contributed by atoms with E-state index in [0.29, 0.717) is 45.4 Å². The maximum Gasteiger partial charge on any atom is 0.406 e. The van der Waals surface area contributed by atoms with Gasteiger partial charge >= 0.3 is 6.09 Å². The van der Waals surface area contributed by atoms with E-state index in [2.05, 4.69) is 36.1 Å². The number of nitrogens with one attached hydrogen (secondary N) is 2. The Morgan fingerprint density at radius 2 is 0.907 bits per heavy atom. The summed E-state index contributed by atoms with van der Waals surface area (Å²) in [5.74, 6) is -0.0545. The fraction of sp³-hybridized carbons (Fsp3) is 0.967. The molecular weight excluding hydrogens is 957 g/mol. The molecule has 0 bridgehead atoms. The third kappa shape index (κ3) is 49.1. The second-order valence-corrected chi connectivity index (χ2v) is 21.0. The molecule has 2 unspecified atom stereocenters. The van der Waals surface area contributed by atoms with E-state index in [1.807, 2.05) is 0 Å². The largest absolute Gasteiger partial charge is 0.453 e. The minimum Gasteiger partial charge on any atom is -0.453 e. The molecule has 0 aromatic carbocycles. The SMILES string of the molecule is CCCCCCCCCCCCCCCCCCOC[C@@H](CC)OCCCCCCCCCCCCCCCCCC.COC(=O)NCCCCCC(=O)NCCOCCOCCO[C@H]1OC(CO)[C@@H](O)[C@H](O)C1O. The van der Waals surface area contributed by atoms with Gasteiger partial charge in [0.05, 0.1) is 59.5 Å². The zero-order valence-corrected chi connectivity index (χ0v) is 48.9. The molecule has 0 saturated carbocycles. The molecule has 0 aromatic heterocycles. The van der Waals surface area contributed by atoms with Crippen molar-refractivity contribution < 1.29 is 63.2 Å². The molecule has 0 aliphatic carbocycles. The highest BCUT2D eigenvalue weighted by Gasteiger charge is 2.44. The average Bonchev–Trinajstić information content (AvgIpc) is 3.42. The van der Waals surface area contributed by atoms with Crippen molar-refractivity contribution in [1.82, 2.24) is 10.6 Å². The minimum absolute atomic E-state index is 0.0545. The van der Waals surface area contributed by atoms with Crippen LogP contribution in [-0.2, 0) is 38.0 Å². The van der Waals surface area contributed by atoms with Crippen molar-refractivity contribution in [3.8, 4) is 0 Å². The number of ether oxygens (including phenoxy) is 7. The van der Waals surface area contributed by atoms with E-state index in [-0.39, 0.29) is 19.1 Å². The van der Waals surface area contributed by atoms with Gasteiger partial charge in [-0.05, 0) is 32.1 Å². The molecular formula is C60H120N2O13.